The van der Waals surface area contributed by atoms with E-state index in [0.717, 1.165) is 0 Å². The average molecular weight is 215 g/mol. The molecule has 0 saturated carbocycles. The Kier molecular flexibility index (Phi) is 3.69. The Balaban J connectivity index is 2.50. The summed E-state index contributed by atoms with van der Waals surface area (Å²) in [5.74, 6) is 0.588. The van der Waals surface area contributed by atoms with Crippen molar-refractivity contribution >= 4 is 7.60 Å². The molecular weight excluding hydrogens is 203 g/mol. The summed E-state index contributed by atoms with van der Waals surface area (Å²) in [6, 6.07) is 9.56. The van der Waals surface area contributed by atoms with E-state index in [-0.39, 0.29) is 6.16 Å². The summed E-state index contributed by atoms with van der Waals surface area (Å²) in [7, 11) is -3.99. The van der Waals surface area contributed by atoms with E-state index in [1.807, 2.05) is 0 Å². The molecule has 0 amide bonds. The Bertz CT molecular complexity index is 319. The monoisotopic (exact) mass is 215 g/mol. The highest BCUT2D eigenvalue weighted by atomic mass is 31.2. The quantitative estimate of drug-likeness (QED) is 0.745. The number of hydrogen-bond donors (Lipinski definition) is 2. The lowest BCUT2D eigenvalue weighted by molar-refractivity contribution is 0.233. The van der Waals surface area contributed by atoms with Gasteiger partial charge >= 0.3 is 7.60 Å². The van der Waals surface area contributed by atoms with E-state index in [1.165, 1.54) is 0 Å². The highest BCUT2D eigenvalue weighted by Gasteiger charge is 2.19. The van der Waals surface area contributed by atoms with E-state index in [4.69, 9.17) is 14.5 Å². The maximum absolute atomic E-state index is 10.6. The Labute approximate surface area is 82.7 Å². The number of ether oxygens (including phenoxy) is 1. The first-order valence-electron chi connectivity index (χ1n) is 4.15. The van der Waals surface area contributed by atoms with Crippen molar-refractivity contribution in [3.8, 4) is 5.75 Å². The van der Waals surface area contributed by atoms with E-state index in [2.05, 4.69) is 6.07 Å². The minimum Gasteiger partial charge on any atom is -0.490 e. The molecule has 1 aromatic carbocycles. The van der Waals surface area contributed by atoms with Crippen molar-refractivity contribution in [2.45, 2.75) is 13.0 Å². The fourth-order valence-electron chi connectivity index (χ4n) is 1.05. The standard InChI is InChI=1S/C9H12O4P/c1-8(7-14(10,11)12)13-9-5-3-2-4-6-9/h3-6,8H,7H2,1H3,(H2,10,11,12). The molecule has 77 valence electrons. The molecule has 1 radical (unpaired) electrons. The van der Waals surface area contributed by atoms with Crippen molar-refractivity contribution in [1.82, 2.24) is 0 Å². The Hall–Kier alpha value is -0.830. The Morgan fingerprint density at radius 2 is 2.07 bits per heavy atom. The van der Waals surface area contributed by atoms with Crippen LogP contribution in [0.4, 0.5) is 0 Å². The van der Waals surface area contributed by atoms with Crippen LogP contribution in [0.1, 0.15) is 6.92 Å². The van der Waals surface area contributed by atoms with Crippen LogP contribution in [0.3, 0.4) is 0 Å². The summed E-state index contributed by atoms with van der Waals surface area (Å²) in [5, 5.41) is 0. The molecule has 1 rings (SSSR count). The summed E-state index contributed by atoms with van der Waals surface area (Å²) in [6.07, 6.45) is -0.774. The fraction of sp³-hybridized carbons (Fsp3) is 0.333. The summed E-state index contributed by atoms with van der Waals surface area (Å²) in [4.78, 5) is 17.4. The van der Waals surface area contributed by atoms with Crippen LogP contribution in [0.2, 0.25) is 0 Å². The molecule has 5 heteroatoms. The Morgan fingerprint density at radius 1 is 1.50 bits per heavy atom. The van der Waals surface area contributed by atoms with Crippen molar-refractivity contribution in [2.24, 2.45) is 0 Å². The molecule has 0 heterocycles. The van der Waals surface area contributed by atoms with Gasteiger partial charge < -0.3 is 14.5 Å². The molecule has 0 aliphatic rings. The average Bonchev–Trinajstić information content (AvgIpc) is 2.02. The second-order valence-electron chi connectivity index (χ2n) is 3.01. The second kappa shape index (κ2) is 4.60. The lowest BCUT2D eigenvalue weighted by Crippen LogP contribution is -2.16. The van der Waals surface area contributed by atoms with Crippen LogP contribution in [0.25, 0.3) is 0 Å². The molecule has 0 aromatic heterocycles. The third kappa shape index (κ3) is 4.42. The third-order valence-corrected chi connectivity index (χ3v) is 2.51. The van der Waals surface area contributed by atoms with Crippen molar-refractivity contribution in [1.29, 1.82) is 0 Å². The van der Waals surface area contributed by atoms with Crippen molar-refractivity contribution in [3.05, 3.63) is 30.3 Å². The van der Waals surface area contributed by atoms with E-state index < -0.39 is 13.7 Å². The minimum atomic E-state index is -3.99. The van der Waals surface area contributed by atoms with Gasteiger partial charge in [0, 0.05) is 0 Å². The first-order valence-corrected chi connectivity index (χ1v) is 5.94. The predicted molar refractivity (Wildman–Crippen MR) is 52.3 cm³/mol. The van der Waals surface area contributed by atoms with Crippen molar-refractivity contribution < 1.29 is 19.1 Å². The van der Waals surface area contributed by atoms with Gasteiger partial charge in [-0.3, -0.25) is 4.57 Å². The zero-order valence-electron chi connectivity index (χ0n) is 7.75. The summed E-state index contributed by atoms with van der Waals surface area (Å²) < 4.78 is 15.9. The van der Waals surface area contributed by atoms with Gasteiger partial charge in [0.15, 0.2) is 0 Å². The SMILES string of the molecule is CC(CP(=O)(O)O)Oc1cc[c]cc1. The summed E-state index contributed by atoms with van der Waals surface area (Å²) in [6.45, 7) is 1.62. The van der Waals surface area contributed by atoms with Gasteiger partial charge in [-0.2, -0.15) is 0 Å². The molecule has 0 aliphatic heterocycles. The second-order valence-corrected chi connectivity index (χ2v) is 4.71. The van der Waals surface area contributed by atoms with E-state index in [0.29, 0.717) is 5.75 Å². The zero-order chi connectivity index (χ0) is 10.6. The molecule has 0 aliphatic carbocycles. The van der Waals surface area contributed by atoms with Crippen molar-refractivity contribution in [3.63, 3.8) is 0 Å². The van der Waals surface area contributed by atoms with Crippen molar-refractivity contribution in [2.75, 3.05) is 6.16 Å². The highest BCUT2D eigenvalue weighted by molar-refractivity contribution is 7.51. The molecule has 0 fully saturated rings. The third-order valence-electron chi connectivity index (χ3n) is 1.52. The molecule has 0 spiro atoms. The number of benzene rings is 1. The first kappa shape index (κ1) is 11.2. The maximum Gasteiger partial charge on any atom is 0.329 e. The molecule has 4 nitrogen and oxygen atoms in total. The van der Waals surface area contributed by atoms with E-state index in [1.54, 1.807) is 31.2 Å². The molecule has 2 N–H and O–H groups in total. The lowest BCUT2D eigenvalue weighted by Gasteiger charge is -2.14. The van der Waals surface area contributed by atoms with E-state index in [9.17, 15) is 4.57 Å². The predicted octanol–water partition coefficient (Wildman–Crippen LogP) is 1.43. The molecular formula is C9H12O4P. The van der Waals surface area contributed by atoms with Gasteiger partial charge in [-0.15, -0.1) is 0 Å². The van der Waals surface area contributed by atoms with Crippen LogP contribution in [0.15, 0.2) is 24.3 Å². The molecule has 14 heavy (non-hydrogen) atoms. The van der Waals surface area contributed by atoms with Gasteiger partial charge in [0.05, 0.1) is 6.16 Å². The van der Waals surface area contributed by atoms with Gasteiger partial charge in [-0.1, -0.05) is 12.1 Å². The lowest BCUT2D eigenvalue weighted by atomic mass is 10.3. The Morgan fingerprint density at radius 3 is 2.57 bits per heavy atom. The highest BCUT2D eigenvalue weighted by Crippen LogP contribution is 2.35. The fourth-order valence-corrected chi connectivity index (χ4v) is 1.80. The van der Waals surface area contributed by atoms with Crippen LogP contribution in [-0.2, 0) is 4.57 Å². The van der Waals surface area contributed by atoms with Crippen LogP contribution in [0.5, 0.6) is 5.75 Å². The molecule has 1 atom stereocenters. The minimum absolute atomic E-state index is 0.272. The smallest absolute Gasteiger partial charge is 0.329 e. The van der Waals surface area contributed by atoms with Gasteiger partial charge in [0.1, 0.15) is 11.9 Å². The normalized spacial score (nSPS) is 13.6. The zero-order valence-corrected chi connectivity index (χ0v) is 8.65. The van der Waals surface area contributed by atoms with Gasteiger partial charge in [0.2, 0.25) is 0 Å². The van der Waals surface area contributed by atoms with Crippen LogP contribution < -0.4 is 4.74 Å². The number of rotatable bonds is 4. The maximum atomic E-state index is 10.6. The summed E-state index contributed by atoms with van der Waals surface area (Å²) in [5.41, 5.74) is 0. The largest absolute Gasteiger partial charge is 0.490 e. The van der Waals surface area contributed by atoms with Crippen LogP contribution >= 0.6 is 7.60 Å². The van der Waals surface area contributed by atoms with Crippen LogP contribution in [0, 0.1) is 6.07 Å². The van der Waals surface area contributed by atoms with E-state index >= 15 is 0 Å². The number of hydrogen-bond acceptors (Lipinski definition) is 2. The topological polar surface area (TPSA) is 66.8 Å². The summed E-state index contributed by atoms with van der Waals surface area (Å²) >= 11 is 0. The van der Waals surface area contributed by atoms with Gasteiger partial charge in [-0.25, -0.2) is 0 Å². The van der Waals surface area contributed by atoms with Gasteiger partial charge in [-0.05, 0) is 25.1 Å². The van der Waals surface area contributed by atoms with Gasteiger partial charge in [0.25, 0.3) is 0 Å². The molecule has 0 bridgehead atoms. The first-order chi connectivity index (χ1) is 6.47. The molecule has 1 unspecified atom stereocenters. The molecule has 1 aromatic rings. The van der Waals surface area contributed by atoms with Crippen LogP contribution in [-0.4, -0.2) is 22.1 Å². The molecule has 0 saturated heterocycles.